The van der Waals surface area contributed by atoms with Gasteiger partial charge in [-0.3, -0.25) is 0 Å². The Kier molecular flexibility index (Phi) is 3.36. The monoisotopic (exact) mass is 331 g/mol. The molecule has 2 aromatic carbocycles. The first-order chi connectivity index (χ1) is 9.25. The summed E-state index contributed by atoms with van der Waals surface area (Å²) in [4.78, 5) is 3.50. The van der Waals surface area contributed by atoms with Gasteiger partial charge in [-0.15, -0.1) is 0 Å². The van der Waals surface area contributed by atoms with E-state index >= 15 is 0 Å². The van der Waals surface area contributed by atoms with Crippen LogP contribution in [0.15, 0.2) is 63.5 Å². The highest BCUT2D eigenvalue weighted by Crippen LogP contribution is 2.35. The summed E-state index contributed by atoms with van der Waals surface area (Å²) in [6, 6.07) is 17.9. The summed E-state index contributed by atoms with van der Waals surface area (Å²) >= 11 is 8.68. The zero-order chi connectivity index (χ0) is 13.2. The molecule has 0 aliphatic rings. The lowest BCUT2D eigenvalue weighted by Gasteiger charge is -2.04. The third-order valence-corrected chi connectivity index (χ3v) is 3.70. The van der Waals surface area contributed by atoms with E-state index in [0.717, 1.165) is 27.1 Å². The molecular weight excluding hydrogens is 322 g/mol. The average Bonchev–Trinajstić information content (AvgIpc) is 2.82. The molecule has 2 nitrogen and oxygen atoms in total. The van der Waals surface area contributed by atoms with Gasteiger partial charge in [-0.1, -0.05) is 64.5 Å². The molecule has 3 aromatic rings. The standard InChI is InChI=1S/C15H10BrNOS/c16-12-9-5-4-8-11(12)13-14(18-15(19)17-13)10-6-2-1-3-7-10/h1-9H,(H,17,19). The molecule has 1 heterocycles. The summed E-state index contributed by atoms with van der Waals surface area (Å²) in [6.07, 6.45) is 0. The van der Waals surface area contributed by atoms with Gasteiger partial charge in [0.05, 0.1) is 5.69 Å². The average molecular weight is 332 g/mol. The lowest BCUT2D eigenvalue weighted by Crippen LogP contribution is -1.83. The maximum Gasteiger partial charge on any atom is 0.266 e. The Labute approximate surface area is 124 Å². The van der Waals surface area contributed by atoms with E-state index < -0.39 is 0 Å². The van der Waals surface area contributed by atoms with Crippen LogP contribution in [0.5, 0.6) is 0 Å². The smallest absolute Gasteiger partial charge is 0.266 e. The maximum absolute atomic E-state index is 5.65. The highest BCUT2D eigenvalue weighted by atomic mass is 79.9. The number of H-pyrrole nitrogens is 1. The van der Waals surface area contributed by atoms with Gasteiger partial charge in [0.25, 0.3) is 4.84 Å². The van der Waals surface area contributed by atoms with E-state index in [0.29, 0.717) is 4.84 Å². The SMILES string of the molecule is S=c1[nH]c(-c2ccccc2Br)c(-c2ccccc2)o1. The van der Waals surface area contributed by atoms with Crippen molar-refractivity contribution in [3.63, 3.8) is 0 Å². The summed E-state index contributed by atoms with van der Waals surface area (Å²) < 4.78 is 6.65. The van der Waals surface area contributed by atoms with Crippen molar-refractivity contribution in [2.24, 2.45) is 0 Å². The van der Waals surface area contributed by atoms with E-state index in [-0.39, 0.29) is 0 Å². The van der Waals surface area contributed by atoms with Crippen LogP contribution < -0.4 is 0 Å². The molecule has 94 valence electrons. The van der Waals surface area contributed by atoms with E-state index in [1.54, 1.807) is 0 Å². The Morgan fingerprint density at radius 1 is 0.947 bits per heavy atom. The Morgan fingerprint density at radius 2 is 1.63 bits per heavy atom. The zero-order valence-electron chi connectivity index (χ0n) is 9.89. The second-order valence-corrected chi connectivity index (χ2v) is 5.29. The summed E-state index contributed by atoms with van der Waals surface area (Å²) in [6.45, 7) is 0. The van der Waals surface area contributed by atoms with Crippen LogP contribution in [0.1, 0.15) is 0 Å². The largest absolute Gasteiger partial charge is 0.429 e. The van der Waals surface area contributed by atoms with Gasteiger partial charge in [0.2, 0.25) is 0 Å². The van der Waals surface area contributed by atoms with Gasteiger partial charge in [0, 0.05) is 15.6 Å². The maximum atomic E-state index is 5.65. The van der Waals surface area contributed by atoms with Crippen LogP contribution in [-0.4, -0.2) is 4.98 Å². The van der Waals surface area contributed by atoms with Crippen LogP contribution in [0.4, 0.5) is 0 Å². The minimum absolute atomic E-state index is 0.379. The van der Waals surface area contributed by atoms with Crippen molar-refractivity contribution >= 4 is 28.1 Å². The minimum Gasteiger partial charge on any atom is -0.429 e. The molecule has 0 aliphatic heterocycles. The van der Waals surface area contributed by atoms with E-state index in [2.05, 4.69) is 20.9 Å². The van der Waals surface area contributed by atoms with Gasteiger partial charge in [-0.2, -0.15) is 0 Å². The van der Waals surface area contributed by atoms with Gasteiger partial charge in [-0.25, -0.2) is 0 Å². The second-order valence-electron chi connectivity index (χ2n) is 4.06. The summed E-state index contributed by atoms with van der Waals surface area (Å²) in [5.41, 5.74) is 2.92. The van der Waals surface area contributed by atoms with Gasteiger partial charge in [0.15, 0.2) is 5.76 Å². The van der Waals surface area contributed by atoms with Gasteiger partial charge in [-0.05, 0) is 18.3 Å². The fourth-order valence-electron chi connectivity index (χ4n) is 1.97. The van der Waals surface area contributed by atoms with Crippen molar-refractivity contribution in [2.75, 3.05) is 0 Å². The number of rotatable bonds is 2. The molecule has 0 saturated carbocycles. The van der Waals surface area contributed by atoms with Gasteiger partial charge in [0.1, 0.15) is 0 Å². The molecule has 1 aromatic heterocycles. The predicted molar refractivity (Wildman–Crippen MR) is 82.5 cm³/mol. The van der Waals surface area contributed by atoms with Crippen molar-refractivity contribution in [3.05, 3.63) is 63.9 Å². The molecule has 0 saturated heterocycles. The van der Waals surface area contributed by atoms with Crippen LogP contribution in [0.2, 0.25) is 0 Å². The van der Waals surface area contributed by atoms with E-state index in [9.17, 15) is 0 Å². The van der Waals surface area contributed by atoms with Crippen molar-refractivity contribution in [1.82, 2.24) is 4.98 Å². The molecule has 0 atom stereocenters. The van der Waals surface area contributed by atoms with Crippen molar-refractivity contribution in [1.29, 1.82) is 0 Å². The lowest BCUT2D eigenvalue weighted by molar-refractivity contribution is 0.554. The number of aromatic amines is 1. The topological polar surface area (TPSA) is 28.9 Å². The molecule has 0 fully saturated rings. The van der Waals surface area contributed by atoms with Gasteiger partial charge < -0.3 is 9.40 Å². The number of benzene rings is 2. The summed E-state index contributed by atoms with van der Waals surface area (Å²) in [5, 5.41) is 0. The molecule has 3 rings (SSSR count). The first-order valence-electron chi connectivity index (χ1n) is 5.79. The van der Waals surface area contributed by atoms with E-state index in [4.69, 9.17) is 16.6 Å². The fraction of sp³-hybridized carbons (Fsp3) is 0. The molecule has 0 amide bonds. The van der Waals surface area contributed by atoms with Crippen LogP contribution in [0.25, 0.3) is 22.6 Å². The molecule has 0 aliphatic carbocycles. The molecule has 4 heteroatoms. The Morgan fingerprint density at radius 3 is 2.37 bits per heavy atom. The highest BCUT2D eigenvalue weighted by Gasteiger charge is 2.14. The minimum atomic E-state index is 0.379. The molecular formula is C15H10BrNOS. The number of nitrogens with one attached hydrogen (secondary N) is 1. The molecule has 0 bridgehead atoms. The summed E-state index contributed by atoms with van der Waals surface area (Å²) in [5.74, 6) is 0.762. The molecule has 19 heavy (non-hydrogen) atoms. The summed E-state index contributed by atoms with van der Waals surface area (Å²) in [7, 11) is 0. The molecule has 0 unspecified atom stereocenters. The predicted octanol–water partition coefficient (Wildman–Crippen LogP) is 5.43. The second kappa shape index (κ2) is 5.15. The first-order valence-corrected chi connectivity index (χ1v) is 6.99. The van der Waals surface area contributed by atoms with Crippen molar-refractivity contribution < 1.29 is 4.42 Å². The number of hydrogen-bond donors (Lipinski definition) is 1. The lowest BCUT2D eigenvalue weighted by atomic mass is 10.1. The van der Waals surface area contributed by atoms with Crippen LogP contribution >= 0.6 is 28.1 Å². The van der Waals surface area contributed by atoms with Crippen molar-refractivity contribution in [2.45, 2.75) is 0 Å². The zero-order valence-corrected chi connectivity index (χ0v) is 12.3. The number of hydrogen-bond acceptors (Lipinski definition) is 2. The van der Waals surface area contributed by atoms with Crippen molar-refractivity contribution in [3.8, 4) is 22.6 Å². The van der Waals surface area contributed by atoms with Gasteiger partial charge >= 0.3 is 0 Å². The number of oxazole rings is 1. The molecule has 0 radical (unpaired) electrons. The number of aromatic nitrogens is 1. The molecule has 1 N–H and O–H groups in total. The quantitative estimate of drug-likeness (QED) is 0.634. The van der Waals surface area contributed by atoms with E-state index in [1.165, 1.54) is 0 Å². The fourth-order valence-corrected chi connectivity index (χ4v) is 2.64. The number of halogens is 1. The third-order valence-electron chi connectivity index (χ3n) is 2.83. The van der Waals surface area contributed by atoms with E-state index in [1.807, 2.05) is 54.6 Å². The first kappa shape index (κ1) is 12.4. The van der Waals surface area contributed by atoms with Crippen LogP contribution in [-0.2, 0) is 0 Å². The Balaban J connectivity index is 2.24. The van der Waals surface area contributed by atoms with Crippen LogP contribution in [0, 0.1) is 4.84 Å². The van der Waals surface area contributed by atoms with Crippen LogP contribution in [0.3, 0.4) is 0 Å². The third kappa shape index (κ3) is 2.41. The highest BCUT2D eigenvalue weighted by molar-refractivity contribution is 9.10. The Hall–Kier alpha value is -1.65. The normalized spacial score (nSPS) is 10.6. The Bertz CT molecular complexity index is 761. The molecule has 0 spiro atoms.